The number of hydrogen-bond donors (Lipinski definition) is 2. The molecule has 1 rings (SSSR count). The zero-order chi connectivity index (χ0) is 15.2. The minimum Gasteiger partial charge on any atom is -0.351 e. The highest BCUT2D eigenvalue weighted by Gasteiger charge is 2.14. The van der Waals surface area contributed by atoms with Gasteiger partial charge in [0.2, 0.25) is 5.91 Å². The molecule has 20 heavy (non-hydrogen) atoms. The molecule has 0 heterocycles. The Labute approximate surface area is 127 Å². The van der Waals surface area contributed by atoms with Gasteiger partial charge >= 0.3 is 0 Å². The van der Waals surface area contributed by atoms with Gasteiger partial charge in [0.15, 0.2) is 0 Å². The van der Waals surface area contributed by atoms with Crippen LogP contribution in [0.25, 0.3) is 0 Å². The topological polar surface area (TPSA) is 41.1 Å². The molecule has 2 N–H and O–H groups in total. The first-order chi connectivity index (χ1) is 9.31. The predicted octanol–water partition coefficient (Wildman–Crippen LogP) is 3.69. The lowest BCUT2D eigenvalue weighted by Crippen LogP contribution is -2.41. The SMILES string of the molecule is CCC(NCCC(=O)NC(C)(C)C)c1cccc(Cl)c1. The van der Waals surface area contributed by atoms with Crippen molar-refractivity contribution >= 4 is 17.5 Å². The molecule has 1 aromatic rings. The van der Waals surface area contributed by atoms with Gasteiger partial charge in [-0.2, -0.15) is 0 Å². The Morgan fingerprint density at radius 2 is 2.05 bits per heavy atom. The molecule has 4 heteroatoms. The summed E-state index contributed by atoms with van der Waals surface area (Å²) < 4.78 is 0. The maximum Gasteiger partial charge on any atom is 0.221 e. The molecule has 1 aromatic carbocycles. The van der Waals surface area contributed by atoms with Gasteiger partial charge in [-0.05, 0) is 44.9 Å². The van der Waals surface area contributed by atoms with E-state index >= 15 is 0 Å². The van der Waals surface area contributed by atoms with Crippen molar-refractivity contribution in [2.75, 3.05) is 6.54 Å². The summed E-state index contributed by atoms with van der Waals surface area (Å²) in [6, 6.07) is 8.08. The van der Waals surface area contributed by atoms with Gasteiger partial charge in [0, 0.05) is 29.6 Å². The van der Waals surface area contributed by atoms with E-state index in [1.165, 1.54) is 0 Å². The van der Waals surface area contributed by atoms with Crippen LogP contribution in [0.2, 0.25) is 5.02 Å². The zero-order valence-corrected chi connectivity index (χ0v) is 13.6. The number of amides is 1. The molecule has 0 radical (unpaired) electrons. The number of carbonyl (C=O) groups excluding carboxylic acids is 1. The summed E-state index contributed by atoms with van der Waals surface area (Å²) in [5.41, 5.74) is 0.991. The molecule has 3 nitrogen and oxygen atoms in total. The third-order valence-electron chi connectivity index (χ3n) is 2.92. The molecular formula is C16H25ClN2O. The maximum absolute atomic E-state index is 11.7. The number of benzene rings is 1. The summed E-state index contributed by atoms with van der Waals surface area (Å²) in [7, 11) is 0. The van der Waals surface area contributed by atoms with Gasteiger partial charge in [-0.25, -0.2) is 0 Å². The fraction of sp³-hybridized carbons (Fsp3) is 0.562. The van der Waals surface area contributed by atoms with Gasteiger partial charge in [-0.3, -0.25) is 4.79 Å². The summed E-state index contributed by atoms with van der Waals surface area (Å²) in [5.74, 6) is 0.0750. The highest BCUT2D eigenvalue weighted by molar-refractivity contribution is 6.30. The lowest BCUT2D eigenvalue weighted by Gasteiger charge is -2.21. The van der Waals surface area contributed by atoms with Crippen LogP contribution in [0, 0.1) is 0 Å². The quantitative estimate of drug-likeness (QED) is 0.840. The zero-order valence-electron chi connectivity index (χ0n) is 12.8. The molecule has 112 valence electrons. The Balaban J connectivity index is 2.45. The lowest BCUT2D eigenvalue weighted by molar-refractivity contribution is -0.122. The molecule has 1 atom stereocenters. The van der Waals surface area contributed by atoms with Gasteiger partial charge < -0.3 is 10.6 Å². The molecule has 0 aliphatic carbocycles. The molecule has 0 aromatic heterocycles. The third kappa shape index (κ3) is 6.40. The molecular weight excluding hydrogens is 272 g/mol. The van der Waals surface area contributed by atoms with Crippen molar-refractivity contribution in [3.05, 3.63) is 34.9 Å². The van der Waals surface area contributed by atoms with Crippen molar-refractivity contribution < 1.29 is 4.79 Å². The minimum absolute atomic E-state index is 0.0750. The average molecular weight is 297 g/mol. The van der Waals surface area contributed by atoms with Crippen LogP contribution in [0.4, 0.5) is 0 Å². The second-order valence-corrected chi connectivity index (χ2v) is 6.45. The van der Waals surface area contributed by atoms with Crippen molar-refractivity contribution in [3.63, 3.8) is 0 Å². The molecule has 0 saturated carbocycles. The Morgan fingerprint density at radius 1 is 1.35 bits per heavy atom. The van der Waals surface area contributed by atoms with Crippen molar-refractivity contribution in [1.29, 1.82) is 0 Å². The second-order valence-electron chi connectivity index (χ2n) is 6.02. The summed E-state index contributed by atoms with van der Waals surface area (Å²) >= 11 is 6.01. The molecule has 1 amide bonds. The van der Waals surface area contributed by atoms with Crippen LogP contribution in [-0.2, 0) is 4.79 Å². The first kappa shape index (κ1) is 17.0. The van der Waals surface area contributed by atoms with Gasteiger partial charge in [0.1, 0.15) is 0 Å². The highest BCUT2D eigenvalue weighted by atomic mass is 35.5. The summed E-state index contributed by atoms with van der Waals surface area (Å²) in [5, 5.41) is 7.11. The van der Waals surface area contributed by atoms with Gasteiger partial charge in [-0.1, -0.05) is 30.7 Å². The molecule has 0 spiro atoms. The highest BCUT2D eigenvalue weighted by Crippen LogP contribution is 2.20. The Bertz CT molecular complexity index is 440. The van der Waals surface area contributed by atoms with E-state index in [1.807, 2.05) is 39.0 Å². The number of carbonyl (C=O) groups is 1. The fourth-order valence-corrected chi connectivity index (χ4v) is 2.26. The first-order valence-electron chi connectivity index (χ1n) is 7.11. The van der Waals surface area contributed by atoms with Gasteiger partial charge in [0.05, 0.1) is 0 Å². The van der Waals surface area contributed by atoms with Crippen LogP contribution in [0.3, 0.4) is 0 Å². The van der Waals surface area contributed by atoms with E-state index in [0.717, 1.165) is 17.0 Å². The minimum atomic E-state index is -0.172. The van der Waals surface area contributed by atoms with E-state index in [-0.39, 0.29) is 17.5 Å². The molecule has 0 saturated heterocycles. The van der Waals surface area contributed by atoms with E-state index < -0.39 is 0 Å². The van der Waals surface area contributed by atoms with Gasteiger partial charge in [0.25, 0.3) is 0 Å². The van der Waals surface area contributed by atoms with Crippen molar-refractivity contribution in [2.24, 2.45) is 0 Å². The molecule has 0 aliphatic heterocycles. The normalized spacial score (nSPS) is 13.1. The van der Waals surface area contributed by atoms with E-state index in [9.17, 15) is 4.79 Å². The maximum atomic E-state index is 11.7. The molecule has 1 unspecified atom stereocenters. The largest absolute Gasteiger partial charge is 0.351 e. The van der Waals surface area contributed by atoms with Crippen LogP contribution in [0.15, 0.2) is 24.3 Å². The lowest BCUT2D eigenvalue weighted by atomic mass is 10.0. The predicted molar refractivity (Wildman–Crippen MR) is 85.0 cm³/mol. The average Bonchev–Trinajstić information content (AvgIpc) is 2.32. The van der Waals surface area contributed by atoms with Crippen LogP contribution in [-0.4, -0.2) is 18.0 Å². The Kier molecular flexibility index (Phi) is 6.50. The van der Waals surface area contributed by atoms with E-state index in [1.54, 1.807) is 0 Å². The van der Waals surface area contributed by atoms with Crippen LogP contribution < -0.4 is 10.6 Å². The van der Waals surface area contributed by atoms with E-state index in [2.05, 4.69) is 23.6 Å². The fourth-order valence-electron chi connectivity index (χ4n) is 2.06. The Morgan fingerprint density at radius 3 is 2.60 bits per heavy atom. The first-order valence-corrected chi connectivity index (χ1v) is 7.49. The molecule has 0 bridgehead atoms. The van der Waals surface area contributed by atoms with E-state index in [4.69, 9.17) is 11.6 Å². The monoisotopic (exact) mass is 296 g/mol. The molecule has 0 aliphatic rings. The van der Waals surface area contributed by atoms with Crippen molar-refractivity contribution in [3.8, 4) is 0 Å². The van der Waals surface area contributed by atoms with Gasteiger partial charge in [-0.15, -0.1) is 0 Å². The number of hydrogen-bond acceptors (Lipinski definition) is 2. The van der Waals surface area contributed by atoms with Crippen LogP contribution in [0.5, 0.6) is 0 Å². The van der Waals surface area contributed by atoms with E-state index in [0.29, 0.717) is 13.0 Å². The third-order valence-corrected chi connectivity index (χ3v) is 3.15. The smallest absolute Gasteiger partial charge is 0.221 e. The van der Waals surface area contributed by atoms with Crippen LogP contribution >= 0.6 is 11.6 Å². The standard InChI is InChI=1S/C16H25ClN2O/c1-5-14(12-7-6-8-13(17)11-12)18-10-9-15(20)19-16(2,3)4/h6-8,11,14,18H,5,9-10H2,1-4H3,(H,19,20). The number of nitrogens with one attached hydrogen (secondary N) is 2. The summed E-state index contributed by atoms with van der Waals surface area (Å²) in [6.45, 7) is 8.73. The van der Waals surface area contributed by atoms with Crippen molar-refractivity contribution in [1.82, 2.24) is 10.6 Å². The summed E-state index contributed by atoms with van der Waals surface area (Å²) in [6.07, 6.45) is 1.44. The number of halogens is 1. The molecule has 0 fully saturated rings. The Hall–Kier alpha value is -1.06. The van der Waals surface area contributed by atoms with Crippen molar-refractivity contribution in [2.45, 2.75) is 52.1 Å². The second kappa shape index (κ2) is 7.65. The summed E-state index contributed by atoms with van der Waals surface area (Å²) in [4.78, 5) is 11.7. The van der Waals surface area contributed by atoms with Crippen LogP contribution in [0.1, 0.15) is 52.1 Å². The number of rotatable bonds is 6.